The van der Waals surface area contributed by atoms with Crippen LogP contribution in [0.15, 0.2) is 53.1 Å². The number of amides is 1. The fourth-order valence-electron chi connectivity index (χ4n) is 2.19. The molecule has 0 spiro atoms. The maximum absolute atomic E-state index is 12.3. The predicted molar refractivity (Wildman–Crippen MR) is 99.6 cm³/mol. The number of anilines is 2. The van der Waals surface area contributed by atoms with E-state index in [0.29, 0.717) is 17.4 Å². The number of hydrogen-bond acceptors (Lipinski definition) is 6. The first-order valence-corrected chi connectivity index (χ1v) is 10.1. The summed E-state index contributed by atoms with van der Waals surface area (Å²) in [6, 6.07) is 5.96. The molecule has 0 aliphatic heterocycles. The Kier molecular flexibility index (Phi) is 5.33. The summed E-state index contributed by atoms with van der Waals surface area (Å²) < 4.78 is 28.6. The van der Waals surface area contributed by atoms with Gasteiger partial charge in [-0.2, -0.15) is 5.10 Å². The summed E-state index contributed by atoms with van der Waals surface area (Å²) in [4.78, 5) is 16.0. The van der Waals surface area contributed by atoms with Crippen LogP contribution in [0.3, 0.4) is 0 Å². The first-order chi connectivity index (χ1) is 12.4. The summed E-state index contributed by atoms with van der Waals surface area (Å²) in [6.45, 7) is 2.41. The van der Waals surface area contributed by atoms with Crippen LogP contribution in [0, 0.1) is 6.92 Å². The molecular weight excluding hydrogens is 374 g/mol. The molecule has 3 aromatic rings. The molecule has 0 bridgehead atoms. The Balaban J connectivity index is 1.57. The lowest BCUT2D eigenvalue weighted by Gasteiger charge is -2.08. The van der Waals surface area contributed by atoms with E-state index in [1.165, 1.54) is 29.7 Å². The van der Waals surface area contributed by atoms with E-state index < -0.39 is 10.0 Å². The third kappa shape index (κ3) is 4.67. The maximum atomic E-state index is 12.3. The van der Waals surface area contributed by atoms with E-state index in [0.717, 1.165) is 5.56 Å². The Morgan fingerprint density at radius 2 is 2.04 bits per heavy atom. The van der Waals surface area contributed by atoms with Gasteiger partial charge in [0.2, 0.25) is 5.91 Å². The van der Waals surface area contributed by atoms with E-state index in [4.69, 9.17) is 0 Å². The molecule has 1 amide bonds. The molecule has 0 saturated heterocycles. The van der Waals surface area contributed by atoms with Gasteiger partial charge in [-0.15, -0.1) is 11.3 Å². The van der Waals surface area contributed by atoms with Crippen molar-refractivity contribution in [2.45, 2.75) is 24.8 Å². The van der Waals surface area contributed by atoms with Crippen molar-refractivity contribution in [2.75, 3.05) is 10.0 Å². The van der Waals surface area contributed by atoms with Crippen LogP contribution < -0.4 is 10.0 Å². The zero-order valence-corrected chi connectivity index (χ0v) is 15.5. The summed E-state index contributed by atoms with van der Waals surface area (Å²) in [5.41, 5.74) is 1.56. The number of nitrogens with one attached hydrogen (secondary N) is 2. The Morgan fingerprint density at radius 3 is 2.65 bits per heavy atom. The van der Waals surface area contributed by atoms with Gasteiger partial charge in [0.15, 0.2) is 5.13 Å². The molecule has 0 fully saturated rings. The average molecular weight is 391 g/mol. The molecule has 3 rings (SSSR count). The Labute approximate surface area is 154 Å². The number of hydrogen-bond donors (Lipinski definition) is 2. The quantitative estimate of drug-likeness (QED) is 0.644. The van der Waals surface area contributed by atoms with Crippen LogP contribution in [-0.2, 0) is 21.4 Å². The zero-order valence-electron chi connectivity index (χ0n) is 13.9. The minimum Gasteiger partial charge on any atom is -0.326 e. The summed E-state index contributed by atoms with van der Waals surface area (Å²) >= 11 is 1.20. The average Bonchev–Trinajstić information content (AvgIpc) is 3.25. The maximum Gasteiger partial charge on any atom is 0.263 e. The monoisotopic (exact) mass is 391 g/mol. The van der Waals surface area contributed by atoms with E-state index in [1.807, 2.05) is 13.1 Å². The molecule has 136 valence electrons. The molecule has 0 unspecified atom stereocenters. The number of aromatic nitrogens is 3. The molecule has 8 nitrogen and oxygen atoms in total. The van der Waals surface area contributed by atoms with Gasteiger partial charge in [-0.3, -0.25) is 14.2 Å². The fourth-order valence-corrected chi connectivity index (χ4v) is 3.98. The number of carbonyl (C=O) groups is 1. The number of thiazole rings is 1. The van der Waals surface area contributed by atoms with Gasteiger partial charge in [-0.1, -0.05) is 0 Å². The number of rotatable bonds is 7. The van der Waals surface area contributed by atoms with Crippen LogP contribution in [0.4, 0.5) is 10.8 Å². The molecule has 2 heterocycles. The number of sulfonamides is 1. The van der Waals surface area contributed by atoms with Gasteiger partial charge in [0.25, 0.3) is 10.0 Å². The van der Waals surface area contributed by atoms with Crippen LogP contribution in [-0.4, -0.2) is 29.1 Å². The molecule has 0 saturated carbocycles. The second kappa shape index (κ2) is 7.67. The van der Waals surface area contributed by atoms with E-state index in [9.17, 15) is 13.2 Å². The number of nitrogens with zero attached hydrogens (tertiary/aromatic N) is 3. The second-order valence-electron chi connectivity index (χ2n) is 5.55. The fraction of sp³-hybridized carbons (Fsp3) is 0.188. The van der Waals surface area contributed by atoms with Gasteiger partial charge < -0.3 is 5.32 Å². The van der Waals surface area contributed by atoms with Crippen LogP contribution in [0.2, 0.25) is 0 Å². The highest BCUT2D eigenvalue weighted by Crippen LogP contribution is 2.19. The van der Waals surface area contributed by atoms with Crippen molar-refractivity contribution in [3.8, 4) is 0 Å². The van der Waals surface area contributed by atoms with E-state index in [-0.39, 0.29) is 17.2 Å². The van der Waals surface area contributed by atoms with Crippen molar-refractivity contribution in [3.63, 3.8) is 0 Å². The second-order valence-corrected chi connectivity index (χ2v) is 8.12. The Bertz CT molecular complexity index is 979. The van der Waals surface area contributed by atoms with Crippen molar-refractivity contribution in [3.05, 3.63) is 53.8 Å². The van der Waals surface area contributed by atoms with Gasteiger partial charge in [-0.05, 0) is 36.8 Å². The molecule has 10 heteroatoms. The summed E-state index contributed by atoms with van der Waals surface area (Å²) in [5.74, 6) is -0.172. The van der Waals surface area contributed by atoms with E-state index in [1.54, 1.807) is 28.4 Å². The third-order valence-electron chi connectivity index (χ3n) is 3.43. The van der Waals surface area contributed by atoms with Crippen molar-refractivity contribution < 1.29 is 13.2 Å². The van der Waals surface area contributed by atoms with E-state index >= 15 is 0 Å². The van der Waals surface area contributed by atoms with Crippen molar-refractivity contribution in [1.82, 2.24) is 14.8 Å². The van der Waals surface area contributed by atoms with Gasteiger partial charge in [-0.25, -0.2) is 13.4 Å². The summed E-state index contributed by atoms with van der Waals surface area (Å²) in [7, 11) is -3.70. The first kappa shape index (κ1) is 18.1. The lowest BCUT2D eigenvalue weighted by atomic mass is 10.3. The minimum absolute atomic E-state index is 0.0951. The van der Waals surface area contributed by atoms with Crippen molar-refractivity contribution >= 4 is 38.1 Å². The van der Waals surface area contributed by atoms with Crippen LogP contribution in [0.1, 0.15) is 12.0 Å². The molecule has 26 heavy (non-hydrogen) atoms. The predicted octanol–water partition coefficient (Wildman–Crippen LogP) is 2.48. The summed E-state index contributed by atoms with van der Waals surface area (Å²) in [5, 5.41) is 8.84. The highest BCUT2D eigenvalue weighted by molar-refractivity contribution is 7.93. The standard InChI is InChI=1S/C16H17N5O3S2/c1-12-10-18-21(11-12)8-6-15(22)19-13-2-4-14(5-3-13)26(23,24)20-16-17-7-9-25-16/h2-5,7,9-11H,6,8H2,1H3,(H,17,20)(H,19,22). The van der Waals surface area contributed by atoms with Crippen LogP contribution in [0.5, 0.6) is 0 Å². The SMILES string of the molecule is Cc1cnn(CCC(=O)Nc2ccc(S(=O)(=O)Nc3nccs3)cc2)c1. The highest BCUT2D eigenvalue weighted by atomic mass is 32.2. The van der Waals surface area contributed by atoms with Gasteiger partial charge in [0, 0.05) is 36.4 Å². The Morgan fingerprint density at radius 1 is 1.27 bits per heavy atom. The number of benzene rings is 1. The third-order valence-corrected chi connectivity index (χ3v) is 5.61. The van der Waals surface area contributed by atoms with Crippen LogP contribution >= 0.6 is 11.3 Å². The number of aryl methyl sites for hydroxylation is 2. The van der Waals surface area contributed by atoms with Crippen molar-refractivity contribution in [2.24, 2.45) is 0 Å². The van der Waals surface area contributed by atoms with Gasteiger partial charge in [0.1, 0.15) is 0 Å². The lowest BCUT2D eigenvalue weighted by Crippen LogP contribution is -2.15. The van der Waals surface area contributed by atoms with Crippen molar-refractivity contribution in [1.29, 1.82) is 0 Å². The largest absolute Gasteiger partial charge is 0.326 e. The smallest absolute Gasteiger partial charge is 0.263 e. The topological polar surface area (TPSA) is 106 Å². The normalized spacial score (nSPS) is 11.3. The highest BCUT2D eigenvalue weighted by Gasteiger charge is 2.15. The van der Waals surface area contributed by atoms with Gasteiger partial charge in [0.05, 0.1) is 11.1 Å². The molecule has 2 aromatic heterocycles. The molecular formula is C16H17N5O3S2. The molecule has 1 aromatic carbocycles. The summed E-state index contributed by atoms with van der Waals surface area (Å²) in [6.07, 6.45) is 5.39. The van der Waals surface area contributed by atoms with Crippen LogP contribution in [0.25, 0.3) is 0 Å². The molecule has 0 atom stereocenters. The molecule has 0 aliphatic rings. The zero-order chi connectivity index (χ0) is 18.6. The van der Waals surface area contributed by atoms with Gasteiger partial charge >= 0.3 is 0 Å². The van der Waals surface area contributed by atoms with E-state index in [2.05, 4.69) is 20.1 Å². The first-order valence-electron chi connectivity index (χ1n) is 7.74. The lowest BCUT2D eigenvalue weighted by molar-refractivity contribution is -0.116. The number of carbonyl (C=O) groups excluding carboxylic acids is 1. The Hall–Kier alpha value is -2.72. The molecule has 2 N–H and O–H groups in total. The molecule has 0 radical (unpaired) electrons. The minimum atomic E-state index is -3.70. The molecule has 0 aliphatic carbocycles.